The number of methoxy groups -OCH3 is 2. The molecule has 1 aromatic rings. The van der Waals surface area contributed by atoms with Gasteiger partial charge in [-0.2, -0.15) is 0 Å². The van der Waals surface area contributed by atoms with Gasteiger partial charge in [0.2, 0.25) is 0 Å². The Morgan fingerprint density at radius 3 is 2.63 bits per heavy atom. The summed E-state index contributed by atoms with van der Waals surface area (Å²) < 4.78 is 10.7. The first-order valence-corrected chi connectivity index (χ1v) is 7.03. The maximum absolute atomic E-state index is 5.49. The van der Waals surface area contributed by atoms with Crippen molar-refractivity contribution in [3.05, 3.63) is 18.2 Å². The molecule has 0 amide bonds. The highest BCUT2D eigenvalue weighted by Gasteiger charge is 2.30. The van der Waals surface area contributed by atoms with Crippen molar-refractivity contribution in [1.82, 2.24) is 5.32 Å². The summed E-state index contributed by atoms with van der Waals surface area (Å²) in [6, 6.07) is 7.45. The maximum atomic E-state index is 5.49. The molecule has 1 saturated carbocycles. The molecule has 19 heavy (non-hydrogen) atoms. The van der Waals surface area contributed by atoms with Crippen LogP contribution in [0.3, 0.4) is 0 Å². The molecule has 1 saturated heterocycles. The van der Waals surface area contributed by atoms with Crippen LogP contribution in [-0.4, -0.2) is 39.4 Å². The lowest BCUT2D eigenvalue weighted by atomic mass is 10.2. The zero-order valence-corrected chi connectivity index (χ0v) is 11.7. The molecule has 0 aromatic heterocycles. The Bertz CT molecular complexity index is 446. The standard InChI is InChI=1S/C15H22N2O2/c1-18-13-5-6-14(15(9-13)19-2)17-8-7-12(10-17)16-11-3-4-11/h5-6,9,11-12,16H,3-4,7-8,10H2,1-2H3. The van der Waals surface area contributed by atoms with Gasteiger partial charge in [0.05, 0.1) is 19.9 Å². The van der Waals surface area contributed by atoms with E-state index in [1.807, 2.05) is 12.1 Å². The normalized spacial score (nSPS) is 22.6. The molecular weight excluding hydrogens is 240 g/mol. The van der Waals surface area contributed by atoms with Gasteiger partial charge in [0, 0.05) is 31.2 Å². The zero-order chi connectivity index (χ0) is 13.2. The van der Waals surface area contributed by atoms with Crippen molar-refractivity contribution in [3.8, 4) is 11.5 Å². The van der Waals surface area contributed by atoms with Crippen molar-refractivity contribution in [2.75, 3.05) is 32.2 Å². The predicted molar refractivity (Wildman–Crippen MR) is 76.3 cm³/mol. The van der Waals surface area contributed by atoms with E-state index < -0.39 is 0 Å². The van der Waals surface area contributed by atoms with Crippen molar-refractivity contribution >= 4 is 5.69 Å². The summed E-state index contributed by atoms with van der Waals surface area (Å²) in [7, 11) is 3.40. The molecule has 104 valence electrons. The second kappa shape index (κ2) is 5.29. The van der Waals surface area contributed by atoms with E-state index in [1.165, 1.54) is 24.9 Å². The molecule has 1 aliphatic heterocycles. The Balaban J connectivity index is 1.71. The van der Waals surface area contributed by atoms with Crippen LogP contribution < -0.4 is 19.7 Å². The van der Waals surface area contributed by atoms with Gasteiger partial charge in [0.15, 0.2) is 0 Å². The van der Waals surface area contributed by atoms with E-state index in [4.69, 9.17) is 9.47 Å². The number of rotatable bonds is 5. The number of ether oxygens (including phenoxy) is 2. The minimum atomic E-state index is 0.624. The second-order valence-corrected chi connectivity index (χ2v) is 5.41. The van der Waals surface area contributed by atoms with Gasteiger partial charge in [-0.05, 0) is 31.4 Å². The molecule has 4 nitrogen and oxygen atoms in total. The van der Waals surface area contributed by atoms with Crippen molar-refractivity contribution in [1.29, 1.82) is 0 Å². The summed E-state index contributed by atoms with van der Waals surface area (Å²) in [4.78, 5) is 2.40. The maximum Gasteiger partial charge on any atom is 0.145 e. The largest absolute Gasteiger partial charge is 0.497 e. The minimum absolute atomic E-state index is 0.624. The van der Waals surface area contributed by atoms with Gasteiger partial charge < -0.3 is 19.7 Å². The number of nitrogens with zero attached hydrogens (tertiary/aromatic N) is 1. The number of hydrogen-bond donors (Lipinski definition) is 1. The van der Waals surface area contributed by atoms with E-state index in [-0.39, 0.29) is 0 Å². The lowest BCUT2D eigenvalue weighted by Gasteiger charge is -2.22. The molecule has 2 fully saturated rings. The van der Waals surface area contributed by atoms with E-state index in [2.05, 4.69) is 16.3 Å². The van der Waals surface area contributed by atoms with E-state index in [0.717, 1.165) is 30.6 Å². The number of nitrogens with one attached hydrogen (secondary N) is 1. The monoisotopic (exact) mass is 262 g/mol. The number of hydrogen-bond acceptors (Lipinski definition) is 4. The highest BCUT2D eigenvalue weighted by molar-refractivity contribution is 5.61. The van der Waals surface area contributed by atoms with Crippen LogP contribution in [0.1, 0.15) is 19.3 Å². The summed E-state index contributed by atoms with van der Waals surface area (Å²) in [6.07, 6.45) is 3.91. The summed E-state index contributed by atoms with van der Waals surface area (Å²) in [6.45, 7) is 2.16. The lowest BCUT2D eigenvalue weighted by Crippen LogP contribution is -2.34. The van der Waals surface area contributed by atoms with Gasteiger partial charge in [-0.15, -0.1) is 0 Å². The quantitative estimate of drug-likeness (QED) is 0.880. The highest BCUT2D eigenvalue weighted by atomic mass is 16.5. The molecule has 0 bridgehead atoms. The Labute approximate surface area is 114 Å². The Morgan fingerprint density at radius 2 is 1.95 bits per heavy atom. The first kappa shape index (κ1) is 12.6. The Hall–Kier alpha value is -1.42. The van der Waals surface area contributed by atoms with E-state index >= 15 is 0 Å². The fraction of sp³-hybridized carbons (Fsp3) is 0.600. The van der Waals surface area contributed by atoms with Crippen molar-refractivity contribution in [3.63, 3.8) is 0 Å². The molecule has 1 heterocycles. The zero-order valence-electron chi connectivity index (χ0n) is 11.7. The molecule has 1 aliphatic carbocycles. The smallest absolute Gasteiger partial charge is 0.145 e. The Morgan fingerprint density at radius 1 is 1.11 bits per heavy atom. The van der Waals surface area contributed by atoms with Crippen LogP contribution in [0.4, 0.5) is 5.69 Å². The topological polar surface area (TPSA) is 33.7 Å². The van der Waals surface area contributed by atoms with Crippen molar-refractivity contribution in [2.24, 2.45) is 0 Å². The molecule has 1 N–H and O–H groups in total. The SMILES string of the molecule is COc1ccc(N2CCC(NC3CC3)C2)c(OC)c1. The van der Waals surface area contributed by atoms with Crippen LogP contribution in [0, 0.1) is 0 Å². The first-order chi connectivity index (χ1) is 9.30. The van der Waals surface area contributed by atoms with Gasteiger partial charge in [-0.3, -0.25) is 0 Å². The molecule has 4 heteroatoms. The van der Waals surface area contributed by atoms with Gasteiger partial charge in [0.1, 0.15) is 11.5 Å². The van der Waals surface area contributed by atoms with Crippen molar-refractivity contribution < 1.29 is 9.47 Å². The fourth-order valence-corrected chi connectivity index (χ4v) is 2.74. The summed E-state index contributed by atoms with van der Waals surface area (Å²) in [5.74, 6) is 1.74. The molecule has 0 radical (unpaired) electrons. The van der Waals surface area contributed by atoms with Crippen LogP contribution in [0.15, 0.2) is 18.2 Å². The lowest BCUT2D eigenvalue weighted by molar-refractivity contribution is 0.394. The third kappa shape index (κ3) is 2.78. The van der Waals surface area contributed by atoms with E-state index in [1.54, 1.807) is 14.2 Å². The van der Waals surface area contributed by atoms with Crippen molar-refractivity contribution in [2.45, 2.75) is 31.3 Å². The average Bonchev–Trinajstić information content (AvgIpc) is 3.14. The number of anilines is 1. The predicted octanol–water partition coefficient (Wildman–Crippen LogP) is 2.03. The molecule has 3 rings (SSSR count). The molecule has 2 aliphatic rings. The fourth-order valence-electron chi connectivity index (χ4n) is 2.74. The van der Waals surface area contributed by atoms with Gasteiger partial charge in [-0.25, -0.2) is 0 Å². The van der Waals surface area contributed by atoms with Crippen LogP contribution in [0.2, 0.25) is 0 Å². The van der Waals surface area contributed by atoms with Crippen LogP contribution in [0.25, 0.3) is 0 Å². The van der Waals surface area contributed by atoms with Crippen LogP contribution in [-0.2, 0) is 0 Å². The molecule has 1 aromatic carbocycles. The number of benzene rings is 1. The van der Waals surface area contributed by atoms with Gasteiger partial charge >= 0.3 is 0 Å². The van der Waals surface area contributed by atoms with E-state index in [9.17, 15) is 0 Å². The molecule has 0 spiro atoms. The molecule has 1 unspecified atom stereocenters. The minimum Gasteiger partial charge on any atom is -0.497 e. The molecule has 1 atom stereocenters. The summed E-state index contributed by atoms with van der Waals surface area (Å²) >= 11 is 0. The third-order valence-electron chi connectivity index (χ3n) is 3.96. The van der Waals surface area contributed by atoms with E-state index in [0.29, 0.717) is 6.04 Å². The third-order valence-corrected chi connectivity index (χ3v) is 3.96. The second-order valence-electron chi connectivity index (χ2n) is 5.41. The first-order valence-electron chi connectivity index (χ1n) is 7.03. The van der Waals surface area contributed by atoms with Gasteiger partial charge in [-0.1, -0.05) is 0 Å². The summed E-state index contributed by atoms with van der Waals surface area (Å²) in [5, 5.41) is 3.71. The van der Waals surface area contributed by atoms with Crippen LogP contribution >= 0.6 is 0 Å². The summed E-state index contributed by atoms with van der Waals surface area (Å²) in [5.41, 5.74) is 1.17. The van der Waals surface area contributed by atoms with Gasteiger partial charge in [0.25, 0.3) is 0 Å². The average molecular weight is 262 g/mol. The Kier molecular flexibility index (Phi) is 3.51. The highest BCUT2D eigenvalue weighted by Crippen LogP contribution is 2.34. The van der Waals surface area contributed by atoms with Crippen LogP contribution in [0.5, 0.6) is 11.5 Å². The molecular formula is C15H22N2O2.